The van der Waals surface area contributed by atoms with Gasteiger partial charge < -0.3 is 10.6 Å². The van der Waals surface area contributed by atoms with Crippen molar-refractivity contribution in [3.63, 3.8) is 0 Å². The summed E-state index contributed by atoms with van der Waals surface area (Å²) >= 11 is 1.62. The van der Waals surface area contributed by atoms with Crippen molar-refractivity contribution < 1.29 is 4.79 Å². The van der Waals surface area contributed by atoms with Crippen molar-refractivity contribution in [3.05, 3.63) is 34.8 Å². The van der Waals surface area contributed by atoms with Crippen LogP contribution < -0.4 is 10.6 Å². The molecule has 3 heterocycles. The van der Waals surface area contributed by atoms with Crippen LogP contribution in [0.3, 0.4) is 0 Å². The summed E-state index contributed by atoms with van der Waals surface area (Å²) < 4.78 is 1.64. The second kappa shape index (κ2) is 5.25. The Morgan fingerprint density at radius 3 is 3.00 bits per heavy atom. The van der Waals surface area contributed by atoms with E-state index >= 15 is 0 Å². The molecule has 0 fully saturated rings. The third kappa shape index (κ3) is 2.32. The summed E-state index contributed by atoms with van der Waals surface area (Å²) in [4.78, 5) is 11.2. The number of hydrogen-bond acceptors (Lipinski definition) is 5. The Hall–Kier alpha value is -2.48. The summed E-state index contributed by atoms with van der Waals surface area (Å²) in [6.45, 7) is 0.265. The smallest absolute Gasteiger partial charge is 0.314 e. The number of fused-ring (bicyclic) bond motifs is 1. The Morgan fingerprint density at radius 1 is 1.35 bits per heavy atom. The van der Waals surface area contributed by atoms with Crippen LogP contribution in [0.15, 0.2) is 29.0 Å². The molecule has 0 spiro atoms. The van der Waals surface area contributed by atoms with Gasteiger partial charge >= 0.3 is 6.03 Å². The molecule has 0 aromatic carbocycles. The Balaban J connectivity index is 1.93. The maximum absolute atomic E-state index is 11.2. The van der Waals surface area contributed by atoms with E-state index in [-0.39, 0.29) is 12.6 Å². The lowest BCUT2D eigenvalue weighted by atomic mass is 10.2. The number of carbonyl (C=O) groups is 1. The van der Waals surface area contributed by atoms with Crippen molar-refractivity contribution in [3.8, 4) is 11.3 Å². The molecule has 0 atom stereocenters. The van der Waals surface area contributed by atoms with E-state index in [2.05, 4.69) is 25.9 Å². The van der Waals surface area contributed by atoms with Gasteiger partial charge in [0.2, 0.25) is 0 Å². The van der Waals surface area contributed by atoms with Crippen LogP contribution >= 0.6 is 11.3 Å². The zero-order valence-corrected chi connectivity index (χ0v) is 11.5. The van der Waals surface area contributed by atoms with Gasteiger partial charge in [-0.1, -0.05) is 0 Å². The molecule has 20 heavy (non-hydrogen) atoms. The van der Waals surface area contributed by atoms with Crippen LogP contribution in [0, 0.1) is 0 Å². The minimum absolute atomic E-state index is 0.265. The lowest BCUT2D eigenvalue weighted by Gasteiger charge is -2.03. The predicted molar refractivity (Wildman–Crippen MR) is 75.4 cm³/mol. The fourth-order valence-electron chi connectivity index (χ4n) is 1.76. The molecule has 0 aliphatic heterocycles. The Kier molecular flexibility index (Phi) is 3.30. The van der Waals surface area contributed by atoms with Gasteiger partial charge in [-0.15, -0.1) is 10.2 Å². The van der Waals surface area contributed by atoms with Gasteiger partial charge in [0.1, 0.15) is 0 Å². The molecule has 0 bridgehead atoms. The van der Waals surface area contributed by atoms with Crippen molar-refractivity contribution >= 4 is 23.0 Å². The average molecular weight is 288 g/mol. The number of carbonyl (C=O) groups excluding carboxylic acids is 1. The third-order valence-electron chi connectivity index (χ3n) is 2.78. The molecule has 0 saturated heterocycles. The highest BCUT2D eigenvalue weighted by Crippen LogP contribution is 2.20. The first-order valence-corrected chi connectivity index (χ1v) is 6.91. The number of aromatic nitrogens is 4. The van der Waals surface area contributed by atoms with Crippen LogP contribution in [0.1, 0.15) is 5.82 Å². The van der Waals surface area contributed by atoms with Crippen molar-refractivity contribution in [2.24, 2.45) is 0 Å². The lowest BCUT2D eigenvalue weighted by Crippen LogP contribution is -2.32. The van der Waals surface area contributed by atoms with E-state index in [1.807, 2.05) is 29.0 Å². The van der Waals surface area contributed by atoms with Gasteiger partial charge in [0.15, 0.2) is 11.5 Å². The molecule has 0 aliphatic rings. The van der Waals surface area contributed by atoms with E-state index in [1.54, 1.807) is 22.9 Å². The molecule has 0 saturated carbocycles. The number of urea groups is 1. The lowest BCUT2D eigenvalue weighted by molar-refractivity contribution is 0.242. The summed E-state index contributed by atoms with van der Waals surface area (Å²) in [6, 6.07) is 5.50. The number of nitrogens with zero attached hydrogens (tertiary/aromatic N) is 4. The highest BCUT2D eigenvalue weighted by Gasteiger charge is 2.09. The summed E-state index contributed by atoms with van der Waals surface area (Å²) in [5.74, 6) is 0.584. The van der Waals surface area contributed by atoms with Crippen LogP contribution in [0.2, 0.25) is 0 Å². The molecular formula is C12H12N6OS. The number of amides is 2. The minimum Gasteiger partial charge on any atom is -0.341 e. The van der Waals surface area contributed by atoms with E-state index < -0.39 is 0 Å². The van der Waals surface area contributed by atoms with Crippen molar-refractivity contribution in [1.29, 1.82) is 0 Å². The molecule has 2 N–H and O–H groups in total. The first-order chi connectivity index (χ1) is 9.78. The van der Waals surface area contributed by atoms with E-state index in [4.69, 9.17) is 0 Å². The number of hydrogen-bond donors (Lipinski definition) is 2. The Labute approximate surface area is 118 Å². The molecule has 0 aliphatic carbocycles. The Bertz CT molecular complexity index is 736. The van der Waals surface area contributed by atoms with Crippen molar-refractivity contribution in [2.75, 3.05) is 7.05 Å². The molecule has 3 aromatic heterocycles. The van der Waals surface area contributed by atoms with Crippen LogP contribution in [-0.2, 0) is 6.54 Å². The largest absolute Gasteiger partial charge is 0.341 e. The van der Waals surface area contributed by atoms with E-state index in [1.165, 1.54) is 0 Å². The zero-order valence-electron chi connectivity index (χ0n) is 10.7. The monoisotopic (exact) mass is 288 g/mol. The highest BCUT2D eigenvalue weighted by molar-refractivity contribution is 7.08. The highest BCUT2D eigenvalue weighted by atomic mass is 32.1. The molecule has 0 unspecified atom stereocenters. The van der Waals surface area contributed by atoms with Crippen molar-refractivity contribution in [2.45, 2.75) is 6.54 Å². The quantitative estimate of drug-likeness (QED) is 0.760. The minimum atomic E-state index is -0.268. The zero-order chi connectivity index (χ0) is 13.9. The van der Waals surface area contributed by atoms with Crippen LogP contribution in [0.25, 0.3) is 16.9 Å². The fourth-order valence-corrected chi connectivity index (χ4v) is 2.41. The standard InChI is InChI=1S/C12H12N6OS/c1-13-12(19)14-6-11-16-15-10-3-2-9(17-18(10)11)8-4-5-20-7-8/h2-5,7H,6H2,1H3,(H2,13,14,19). The van der Waals surface area contributed by atoms with Gasteiger partial charge in [-0.3, -0.25) is 0 Å². The SMILES string of the molecule is CNC(=O)NCc1nnc2ccc(-c3ccsc3)nn12. The summed E-state index contributed by atoms with van der Waals surface area (Å²) in [5, 5.41) is 21.8. The Morgan fingerprint density at radius 2 is 2.25 bits per heavy atom. The van der Waals surface area contributed by atoms with Gasteiger partial charge in [-0.05, 0) is 23.6 Å². The van der Waals surface area contributed by atoms with E-state index in [9.17, 15) is 4.79 Å². The maximum atomic E-state index is 11.2. The number of rotatable bonds is 3. The summed E-state index contributed by atoms with van der Waals surface area (Å²) in [5.41, 5.74) is 2.55. The topological polar surface area (TPSA) is 84.2 Å². The maximum Gasteiger partial charge on any atom is 0.314 e. The predicted octanol–water partition coefficient (Wildman–Crippen LogP) is 1.28. The van der Waals surface area contributed by atoms with Crippen LogP contribution in [0.5, 0.6) is 0 Å². The molecule has 3 aromatic rings. The van der Waals surface area contributed by atoms with Gasteiger partial charge in [0.25, 0.3) is 0 Å². The second-order valence-corrected chi connectivity index (χ2v) is 4.83. The summed E-state index contributed by atoms with van der Waals surface area (Å²) in [7, 11) is 1.56. The fraction of sp³-hybridized carbons (Fsp3) is 0.167. The number of nitrogens with one attached hydrogen (secondary N) is 2. The first kappa shape index (κ1) is 12.5. The molecule has 2 amide bonds. The molecule has 3 rings (SSSR count). The average Bonchev–Trinajstić information content (AvgIpc) is 3.13. The molecule has 102 valence electrons. The van der Waals surface area contributed by atoms with Gasteiger partial charge in [-0.25, -0.2) is 4.79 Å². The third-order valence-corrected chi connectivity index (χ3v) is 3.46. The van der Waals surface area contributed by atoms with E-state index in [0.29, 0.717) is 11.5 Å². The first-order valence-electron chi connectivity index (χ1n) is 5.97. The molecule has 8 heteroatoms. The van der Waals surface area contributed by atoms with Crippen LogP contribution in [0.4, 0.5) is 4.79 Å². The molecular weight excluding hydrogens is 276 g/mol. The number of thiophene rings is 1. The molecule has 7 nitrogen and oxygen atoms in total. The van der Waals surface area contributed by atoms with Gasteiger partial charge in [0, 0.05) is 18.0 Å². The van der Waals surface area contributed by atoms with E-state index in [0.717, 1.165) is 11.3 Å². The molecule has 0 radical (unpaired) electrons. The summed E-state index contributed by atoms with van der Waals surface area (Å²) in [6.07, 6.45) is 0. The van der Waals surface area contributed by atoms with Gasteiger partial charge in [0.05, 0.1) is 12.2 Å². The normalized spacial score (nSPS) is 10.7. The van der Waals surface area contributed by atoms with Crippen molar-refractivity contribution in [1.82, 2.24) is 30.4 Å². The second-order valence-electron chi connectivity index (χ2n) is 4.05. The van der Waals surface area contributed by atoms with Gasteiger partial charge in [-0.2, -0.15) is 21.0 Å². The van der Waals surface area contributed by atoms with Crippen LogP contribution in [-0.4, -0.2) is 32.9 Å².